The molecule has 0 rings (SSSR count). The van der Waals surface area contributed by atoms with Crippen molar-refractivity contribution in [2.45, 2.75) is 25.9 Å². The zero-order valence-electron chi connectivity index (χ0n) is 12.4. The van der Waals surface area contributed by atoms with Crippen molar-refractivity contribution in [1.82, 2.24) is 5.32 Å². The Bertz CT molecular complexity index is 359. The second kappa shape index (κ2) is 10.1. The fraction of sp³-hybridized carbons (Fsp3) is 0.571. The van der Waals surface area contributed by atoms with Crippen LogP contribution in [0.25, 0.3) is 0 Å². The third-order valence-electron chi connectivity index (χ3n) is 2.44. The van der Waals surface area contributed by atoms with Gasteiger partial charge in [-0.3, -0.25) is 0 Å². The fourth-order valence-corrected chi connectivity index (χ4v) is 1.24. The number of nitrogens with one attached hydrogen (secondary N) is 1. The maximum absolute atomic E-state index is 11.3. The summed E-state index contributed by atoms with van der Waals surface area (Å²) in [5, 5.41) is 20.9. The molecule has 0 saturated carbocycles. The Morgan fingerprint density at radius 1 is 0.952 bits per heavy atom. The summed E-state index contributed by atoms with van der Waals surface area (Å²) in [6, 6.07) is -1.18. The van der Waals surface area contributed by atoms with Gasteiger partial charge in [0.2, 0.25) is 0 Å². The van der Waals surface area contributed by atoms with Gasteiger partial charge in [0.25, 0.3) is 0 Å². The molecule has 0 aliphatic rings. The van der Waals surface area contributed by atoms with Crippen molar-refractivity contribution in [3.8, 4) is 0 Å². The van der Waals surface area contributed by atoms with E-state index in [0.717, 1.165) is 0 Å². The number of aliphatic hydroxyl groups is 2. The van der Waals surface area contributed by atoms with E-state index in [-0.39, 0.29) is 37.6 Å². The lowest BCUT2D eigenvalue weighted by Crippen LogP contribution is -2.48. The van der Waals surface area contributed by atoms with Gasteiger partial charge in [0.05, 0.1) is 25.3 Å². The van der Waals surface area contributed by atoms with Crippen LogP contribution in [-0.4, -0.2) is 60.7 Å². The van der Waals surface area contributed by atoms with Gasteiger partial charge in [-0.05, 0) is 13.8 Å². The predicted molar refractivity (Wildman–Crippen MR) is 76.4 cm³/mol. The minimum Gasteiger partial charge on any atom is -0.461 e. The summed E-state index contributed by atoms with van der Waals surface area (Å²) in [5.41, 5.74) is 0.488. The molecule has 120 valence electrons. The molecular formula is C14H23NO6. The Labute approximate surface area is 124 Å². The summed E-state index contributed by atoms with van der Waals surface area (Å²) in [4.78, 5) is 22.7. The van der Waals surface area contributed by atoms with Crippen LogP contribution in [0.4, 0.5) is 0 Å². The Kier molecular flexibility index (Phi) is 9.27. The molecular weight excluding hydrogens is 278 g/mol. The van der Waals surface area contributed by atoms with E-state index < -0.39 is 24.0 Å². The average Bonchev–Trinajstić information content (AvgIpc) is 2.45. The highest BCUT2D eigenvalue weighted by Crippen LogP contribution is 1.99. The van der Waals surface area contributed by atoms with Crippen LogP contribution in [0.5, 0.6) is 0 Å². The first-order valence-electron chi connectivity index (χ1n) is 6.44. The zero-order valence-corrected chi connectivity index (χ0v) is 12.4. The molecule has 0 fully saturated rings. The van der Waals surface area contributed by atoms with Crippen molar-refractivity contribution in [2.24, 2.45) is 0 Å². The molecule has 7 heteroatoms. The first-order valence-corrected chi connectivity index (χ1v) is 6.44. The average molecular weight is 301 g/mol. The Morgan fingerprint density at radius 2 is 1.33 bits per heavy atom. The summed E-state index contributed by atoms with van der Waals surface area (Å²) in [5.74, 6) is -1.14. The fourth-order valence-electron chi connectivity index (χ4n) is 1.24. The summed E-state index contributed by atoms with van der Waals surface area (Å²) >= 11 is 0. The van der Waals surface area contributed by atoms with Gasteiger partial charge in [-0.15, -0.1) is 0 Å². The summed E-state index contributed by atoms with van der Waals surface area (Å²) in [6.07, 6.45) is 0. The van der Waals surface area contributed by atoms with Gasteiger partial charge in [0.1, 0.15) is 13.2 Å². The molecule has 21 heavy (non-hydrogen) atoms. The van der Waals surface area contributed by atoms with Crippen molar-refractivity contribution in [1.29, 1.82) is 0 Å². The number of rotatable bonds is 10. The van der Waals surface area contributed by atoms with E-state index in [1.165, 1.54) is 13.8 Å². The molecule has 0 bridgehead atoms. The number of hydrogen-bond acceptors (Lipinski definition) is 7. The molecule has 0 radical (unpaired) electrons. The Hall–Kier alpha value is -1.70. The van der Waals surface area contributed by atoms with Gasteiger partial charge in [0.15, 0.2) is 0 Å². The highest BCUT2D eigenvalue weighted by molar-refractivity contribution is 5.87. The lowest BCUT2D eigenvalue weighted by atomic mass is 10.2. The molecule has 0 aliphatic carbocycles. The monoisotopic (exact) mass is 301 g/mol. The first-order chi connectivity index (χ1) is 9.81. The molecule has 0 amide bonds. The highest BCUT2D eigenvalue weighted by atomic mass is 16.5. The zero-order chi connectivity index (χ0) is 16.4. The second-order valence-corrected chi connectivity index (χ2v) is 4.68. The van der Waals surface area contributed by atoms with Crippen molar-refractivity contribution < 1.29 is 29.3 Å². The van der Waals surface area contributed by atoms with Gasteiger partial charge >= 0.3 is 11.9 Å². The molecule has 0 heterocycles. The molecule has 0 atom stereocenters. The first kappa shape index (κ1) is 19.3. The molecule has 3 N–H and O–H groups in total. The predicted octanol–water partition coefficient (Wildman–Crippen LogP) is -0.464. The van der Waals surface area contributed by atoms with Crippen LogP contribution in [0.1, 0.15) is 13.8 Å². The highest BCUT2D eigenvalue weighted by Gasteiger charge is 2.18. The lowest BCUT2D eigenvalue weighted by molar-refractivity contribution is -0.143. The number of ether oxygens (including phenoxy) is 2. The molecule has 0 spiro atoms. The van der Waals surface area contributed by atoms with Gasteiger partial charge in [0, 0.05) is 11.1 Å². The number of aliphatic hydroxyl groups excluding tert-OH is 2. The number of carbonyl (C=O) groups excluding carboxylic acids is 2. The summed E-state index contributed by atoms with van der Waals surface area (Å²) in [7, 11) is 0. The molecule has 0 unspecified atom stereocenters. The summed E-state index contributed by atoms with van der Waals surface area (Å²) < 4.78 is 9.94. The number of carbonyl (C=O) groups is 2. The maximum atomic E-state index is 11.3. The minimum atomic E-state index is -0.609. The van der Waals surface area contributed by atoms with E-state index in [1.807, 2.05) is 0 Å². The smallest absolute Gasteiger partial charge is 0.333 e. The maximum Gasteiger partial charge on any atom is 0.333 e. The Balaban J connectivity index is 4.53. The van der Waals surface area contributed by atoms with Crippen LogP contribution in [0.15, 0.2) is 24.3 Å². The van der Waals surface area contributed by atoms with E-state index in [0.29, 0.717) is 0 Å². The van der Waals surface area contributed by atoms with Crippen LogP contribution in [0.3, 0.4) is 0 Å². The third kappa shape index (κ3) is 8.23. The molecule has 0 aromatic carbocycles. The van der Waals surface area contributed by atoms with Gasteiger partial charge in [-0.2, -0.15) is 0 Å². The van der Waals surface area contributed by atoms with E-state index in [4.69, 9.17) is 19.7 Å². The van der Waals surface area contributed by atoms with Crippen LogP contribution < -0.4 is 5.32 Å². The normalized spacial score (nSPS) is 10.6. The van der Waals surface area contributed by atoms with Gasteiger partial charge in [-0.1, -0.05) is 13.2 Å². The van der Waals surface area contributed by atoms with Crippen LogP contribution >= 0.6 is 0 Å². The van der Waals surface area contributed by atoms with Crippen molar-refractivity contribution in [2.75, 3.05) is 26.4 Å². The van der Waals surface area contributed by atoms with Gasteiger partial charge in [-0.25, -0.2) is 9.59 Å². The van der Waals surface area contributed by atoms with E-state index in [9.17, 15) is 9.59 Å². The Morgan fingerprint density at radius 3 is 1.62 bits per heavy atom. The van der Waals surface area contributed by atoms with E-state index >= 15 is 0 Å². The topological polar surface area (TPSA) is 105 Å². The molecule has 0 aromatic heterocycles. The molecule has 0 saturated heterocycles. The lowest BCUT2D eigenvalue weighted by Gasteiger charge is -2.23. The SMILES string of the molecule is C=C(C)C(=O)OCC(COC(=O)C(=C)C)NC(CO)CO. The van der Waals surface area contributed by atoms with E-state index in [2.05, 4.69) is 18.5 Å². The van der Waals surface area contributed by atoms with Crippen LogP contribution in [0.2, 0.25) is 0 Å². The molecule has 0 aliphatic heterocycles. The van der Waals surface area contributed by atoms with Crippen molar-refractivity contribution >= 4 is 11.9 Å². The molecule has 7 nitrogen and oxygen atoms in total. The minimum absolute atomic E-state index is 0.0916. The number of esters is 2. The van der Waals surface area contributed by atoms with Crippen molar-refractivity contribution in [3.05, 3.63) is 24.3 Å². The molecule has 0 aromatic rings. The standard InChI is InChI=1S/C14H23NO6/c1-9(2)13(18)20-7-12(15-11(5-16)6-17)8-21-14(19)10(3)4/h11-12,15-17H,1,3,5-8H2,2,4H3. The quantitative estimate of drug-likeness (QED) is 0.370. The van der Waals surface area contributed by atoms with Crippen LogP contribution in [-0.2, 0) is 19.1 Å². The third-order valence-corrected chi connectivity index (χ3v) is 2.44. The van der Waals surface area contributed by atoms with E-state index in [1.54, 1.807) is 0 Å². The summed E-state index contributed by atoms with van der Waals surface area (Å²) in [6.45, 7) is 9.12. The van der Waals surface area contributed by atoms with Gasteiger partial charge < -0.3 is 25.0 Å². The largest absolute Gasteiger partial charge is 0.461 e. The van der Waals surface area contributed by atoms with Crippen LogP contribution in [0, 0.1) is 0 Å². The number of hydrogen-bond donors (Lipinski definition) is 3. The van der Waals surface area contributed by atoms with Crippen molar-refractivity contribution in [3.63, 3.8) is 0 Å². The second-order valence-electron chi connectivity index (χ2n) is 4.68.